The fourth-order valence-electron chi connectivity index (χ4n) is 10.1. The lowest BCUT2D eigenvalue weighted by Gasteiger charge is -2.29. The summed E-state index contributed by atoms with van der Waals surface area (Å²) in [5, 5.41) is 6.97. The van der Waals surface area contributed by atoms with Crippen molar-refractivity contribution in [3.63, 3.8) is 0 Å². The lowest BCUT2D eigenvalue weighted by Crippen LogP contribution is -2.45. The Kier molecular flexibility index (Phi) is 10.1. The highest BCUT2D eigenvalue weighted by atomic mass is 16.3. The Bertz CT molecular complexity index is 3110. The zero-order valence-corrected chi connectivity index (χ0v) is 35.8. The lowest BCUT2D eigenvalue weighted by molar-refractivity contribution is 0.241. The van der Waals surface area contributed by atoms with Crippen LogP contribution in [0.15, 0.2) is 162 Å². The van der Waals surface area contributed by atoms with Gasteiger partial charge in [0.25, 0.3) is 0 Å². The van der Waals surface area contributed by atoms with E-state index in [2.05, 4.69) is 168 Å². The molecule has 0 spiro atoms. The molecule has 7 nitrogen and oxygen atoms in total. The molecule has 0 bridgehead atoms. The van der Waals surface area contributed by atoms with Crippen molar-refractivity contribution in [2.75, 3.05) is 6.54 Å². The number of aryl methyl sites for hydroxylation is 1. The van der Waals surface area contributed by atoms with Gasteiger partial charge in [-0.25, -0.2) is 15.4 Å². The van der Waals surface area contributed by atoms with Gasteiger partial charge in [-0.05, 0) is 102 Å². The van der Waals surface area contributed by atoms with E-state index in [4.69, 9.17) is 20.1 Å². The molecule has 0 radical (unpaired) electrons. The maximum Gasteiger partial charge on any atom is 0.226 e. The van der Waals surface area contributed by atoms with Gasteiger partial charge in [0.15, 0.2) is 0 Å². The van der Waals surface area contributed by atoms with Crippen LogP contribution < -0.4 is 11.2 Å². The van der Waals surface area contributed by atoms with Crippen LogP contribution in [-0.4, -0.2) is 33.1 Å². The second kappa shape index (κ2) is 16.4. The van der Waals surface area contributed by atoms with Crippen LogP contribution >= 0.6 is 0 Å². The minimum absolute atomic E-state index is 0.00258. The molecule has 4 aliphatic rings. The molecule has 7 aromatic rings. The first-order chi connectivity index (χ1) is 31.0. The molecule has 0 saturated heterocycles. The molecule has 312 valence electrons. The van der Waals surface area contributed by atoms with E-state index in [1.807, 2.05) is 12.3 Å². The number of nitrogens with zero attached hydrogens (tertiary/aromatic N) is 4. The van der Waals surface area contributed by atoms with Gasteiger partial charge in [-0.2, -0.15) is 0 Å². The number of amidine groups is 1. The Morgan fingerprint density at radius 3 is 2.56 bits per heavy atom. The average molecular weight is 825 g/mol. The Morgan fingerprint density at radius 1 is 0.889 bits per heavy atom. The van der Waals surface area contributed by atoms with Crippen molar-refractivity contribution >= 4 is 61.7 Å². The van der Waals surface area contributed by atoms with Crippen LogP contribution in [0.3, 0.4) is 0 Å². The summed E-state index contributed by atoms with van der Waals surface area (Å²) in [7, 11) is 0. The third-order valence-corrected chi connectivity index (χ3v) is 13.3. The van der Waals surface area contributed by atoms with E-state index >= 15 is 0 Å². The topological polar surface area (TPSA) is 84.6 Å². The van der Waals surface area contributed by atoms with Gasteiger partial charge in [0, 0.05) is 75.2 Å². The van der Waals surface area contributed by atoms with Gasteiger partial charge >= 0.3 is 0 Å². The number of nitrogens with two attached hydrogens (primary N) is 1. The number of nitrogens with one attached hydrogen (secondary N) is 1. The molecule has 0 saturated carbocycles. The number of fused-ring (bicyclic) bond motifs is 5. The van der Waals surface area contributed by atoms with E-state index in [0.29, 0.717) is 29.7 Å². The van der Waals surface area contributed by atoms with E-state index < -0.39 is 0 Å². The number of pyridine rings is 1. The summed E-state index contributed by atoms with van der Waals surface area (Å²) in [6.45, 7) is 7.43. The Labute approximate surface area is 369 Å². The van der Waals surface area contributed by atoms with Crippen LogP contribution in [0.5, 0.6) is 0 Å². The highest BCUT2D eigenvalue weighted by molar-refractivity contribution is 6.01. The molecule has 63 heavy (non-hydrogen) atoms. The second-order valence-electron chi connectivity index (χ2n) is 17.4. The number of para-hydroxylation sites is 1. The van der Waals surface area contributed by atoms with Crippen LogP contribution in [0.2, 0.25) is 0 Å². The van der Waals surface area contributed by atoms with E-state index in [0.717, 1.165) is 89.0 Å². The summed E-state index contributed by atoms with van der Waals surface area (Å²) in [5.41, 5.74) is 23.2. The Morgan fingerprint density at radius 2 is 1.73 bits per heavy atom. The van der Waals surface area contributed by atoms with Crippen molar-refractivity contribution in [1.82, 2.24) is 20.0 Å². The van der Waals surface area contributed by atoms with E-state index in [1.54, 1.807) is 0 Å². The maximum absolute atomic E-state index is 6.88. The molecule has 1 aliphatic heterocycles. The van der Waals surface area contributed by atoms with Gasteiger partial charge < -0.3 is 14.7 Å². The molecule has 0 amide bonds. The lowest BCUT2D eigenvalue weighted by atomic mass is 9.94. The number of aliphatic imine (C=N–C) groups is 1. The first kappa shape index (κ1) is 38.9. The molecule has 3 atom stereocenters. The number of allylic oxidation sites excluding steroid dienone is 7. The van der Waals surface area contributed by atoms with Crippen molar-refractivity contribution in [2.45, 2.75) is 58.0 Å². The minimum Gasteiger partial charge on any atom is -0.442 e. The van der Waals surface area contributed by atoms with Gasteiger partial charge in [-0.15, -0.1) is 0 Å². The third-order valence-electron chi connectivity index (χ3n) is 13.3. The number of rotatable bonds is 10. The van der Waals surface area contributed by atoms with Crippen LogP contribution in [-0.2, 0) is 12.8 Å². The van der Waals surface area contributed by atoms with Gasteiger partial charge in [0.05, 0.1) is 5.52 Å². The zero-order chi connectivity index (χ0) is 42.4. The molecule has 0 fully saturated rings. The SMILES string of the molecule is C=C(/C=C(\N)c1ccc(C2=NC(C3C=CCCC3)NN2CC2C=CC(n3c4c(c5ccccc53)C=CCC4)=CC2)cc1)c1c(CC)oc2ncc(-c3ccc4ccccc4c3)cc12. The Hall–Kier alpha value is -6.96. The van der Waals surface area contributed by atoms with E-state index in [-0.39, 0.29) is 6.17 Å². The number of hydrogen-bond donors (Lipinski definition) is 2. The number of benzene rings is 4. The summed E-state index contributed by atoms with van der Waals surface area (Å²) >= 11 is 0. The minimum atomic E-state index is 0.00258. The zero-order valence-electron chi connectivity index (χ0n) is 35.8. The fraction of sp³-hybridized carbons (Fsp3) is 0.214. The standard InChI is InChI=1S/C56H52N6O/c1-3-52-53(48-33-44(34-58-56(48)63-52)43-28-23-38-13-7-8-16-42(38)32-43)36(2)31-49(57)39-24-26-41(27-25-39)55-59-54(40-14-5-4-6-15-40)60-61(55)35-37-21-29-45(30-22-37)62-50-19-11-9-17-46(50)47-18-10-12-20-51(47)62/h5,7-11,13-14,16-19,21,23-34,37,40,54,60H,2-4,6,12,15,20,22,35,57H2,1H3/b49-31-. The van der Waals surface area contributed by atoms with Gasteiger partial charge in [-0.1, -0.05) is 129 Å². The van der Waals surface area contributed by atoms with Gasteiger partial charge in [0.1, 0.15) is 17.8 Å². The number of hydrogen-bond acceptors (Lipinski definition) is 6. The summed E-state index contributed by atoms with van der Waals surface area (Å²) in [5.74, 6) is 2.52. The first-order valence-corrected chi connectivity index (χ1v) is 22.6. The summed E-state index contributed by atoms with van der Waals surface area (Å²) in [6.07, 6.45) is 27.6. The van der Waals surface area contributed by atoms with Crippen molar-refractivity contribution < 1.29 is 4.42 Å². The van der Waals surface area contributed by atoms with Crippen LogP contribution in [0, 0.1) is 11.8 Å². The number of hydrazine groups is 1. The second-order valence-corrected chi connectivity index (χ2v) is 17.4. The highest BCUT2D eigenvalue weighted by Crippen LogP contribution is 2.38. The highest BCUT2D eigenvalue weighted by Gasteiger charge is 2.32. The van der Waals surface area contributed by atoms with Crippen molar-refractivity contribution in [3.05, 3.63) is 186 Å². The molecule has 3 aliphatic carbocycles. The quantitative estimate of drug-likeness (QED) is 0.106. The predicted octanol–water partition coefficient (Wildman–Crippen LogP) is 12.5. The molecule has 3 aromatic heterocycles. The van der Waals surface area contributed by atoms with Crippen molar-refractivity contribution in [3.8, 4) is 11.1 Å². The normalized spacial score (nSPS) is 19.9. The van der Waals surface area contributed by atoms with Gasteiger partial charge in [-0.3, -0.25) is 5.01 Å². The summed E-state index contributed by atoms with van der Waals surface area (Å²) < 4.78 is 8.78. The van der Waals surface area contributed by atoms with Gasteiger partial charge in [0.2, 0.25) is 5.71 Å². The summed E-state index contributed by atoms with van der Waals surface area (Å²) in [6, 6.07) is 34.4. The monoisotopic (exact) mass is 824 g/mol. The van der Waals surface area contributed by atoms with Crippen LogP contribution in [0.25, 0.3) is 66.9 Å². The van der Waals surface area contributed by atoms with E-state index in [1.165, 1.54) is 45.1 Å². The summed E-state index contributed by atoms with van der Waals surface area (Å²) in [4.78, 5) is 10.1. The fourth-order valence-corrected chi connectivity index (χ4v) is 10.1. The number of furan rings is 1. The van der Waals surface area contributed by atoms with E-state index in [9.17, 15) is 0 Å². The van der Waals surface area contributed by atoms with Crippen molar-refractivity contribution in [1.29, 1.82) is 0 Å². The molecule has 3 unspecified atom stereocenters. The smallest absolute Gasteiger partial charge is 0.226 e. The molecule has 3 N–H and O–H groups in total. The largest absolute Gasteiger partial charge is 0.442 e. The third kappa shape index (κ3) is 7.26. The van der Waals surface area contributed by atoms with Crippen molar-refractivity contribution in [2.24, 2.45) is 22.6 Å². The first-order valence-electron chi connectivity index (χ1n) is 22.6. The average Bonchev–Trinajstić information content (AvgIpc) is 4.04. The molecular formula is C56H52N6O. The van der Waals surface area contributed by atoms with Crippen LogP contribution in [0.4, 0.5) is 0 Å². The molecule has 4 aromatic carbocycles. The maximum atomic E-state index is 6.88. The molecule has 11 rings (SSSR count). The molecular weight excluding hydrogens is 773 g/mol. The Balaban J connectivity index is 0.840. The predicted molar refractivity (Wildman–Crippen MR) is 261 cm³/mol. The number of aromatic nitrogens is 2. The van der Waals surface area contributed by atoms with Crippen LogP contribution in [0.1, 0.15) is 72.7 Å². The molecule has 7 heteroatoms. The molecule has 4 heterocycles.